The monoisotopic (exact) mass is 179 g/mol. The molecule has 0 radical (unpaired) electrons. The molecule has 0 N–H and O–H groups in total. The van der Waals surface area contributed by atoms with Crippen molar-refractivity contribution in [3.8, 4) is 0 Å². The average Bonchev–Trinajstić information content (AvgIpc) is 1.79. The molecule has 1 fully saturated rings. The highest BCUT2D eigenvalue weighted by Crippen LogP contribution is 2.34. The SMILES string of the molecule is CC(C)=C1CN(C(C)C)C1=C(C)C. The van der Waals surface area contributed by atoms with Gasteiger partial charge < -0.3 is 4.90 Å². The zero-order valence-electron chi connectivity index (χ0n) is 9.73. The minimum Gasteiger partial charge on any atom is -0.364 e. The normalized spacial score (nSPS) is 16.4. The molecule has 0 aromatic heterocycles. The first-order chi connectivity index (χ1) is 5.95. The molecular weight excluding hydrogens is 158 g/mol. The van der Waals surface area contributed by atoms with Crippen molar-refractivity contribution in [2.75, 3.05) is 6.54 Å². The summed E-state index contributed by atoms with van der Waals surface area (Å²) in [6, 6.07) is 0.632. The van der Waals surface area contributed by atoms with Crippen LogP contribution in [-0.2, 0) is 0 Å². The molecule has 1 heteroatoms. The van der Waals surface area contributed by atoms with Gasteiger partial charge in [-0.15, -0.1) is 0 Å². The molecule has 0 aromatic carbocycles. The highest BCUT2D eigenvalue weighted by atomic mass is 15.2. The lowest BCUT2D eigenvalue weighted by Crippen LogP contribution is -2.43. The van der Waals surface area contributed by atoms with Gasteiger partial charge in [0, 0.05) is 18.3 Å². The minimum atomic E-state index is 0.632. The van der Waals surface area contributed by atoms with E-state index < -0.39 is 0 Å². The smallest absolute Gasteiger partial charge is 0.0452 e. The fraction of sp³-hybridized carbons (Fsp3) is 0.667. The molecule has 0 saturated carbocycles. The first kappa shape index (κ1) is 10.4. The molecule has 13 heavy (non-hydrogen) atoms. The molecule has 1 aliphatic rings. The fourth-order valence-corrected chi connectivity index (χ4v) is 1.83. The van der Waals surface area contributed by atoms with Crippen LogP contribution in [0.25, 0.3) is 0 Å². The number of hydrogen-bond acceptors (Lipinski definition) is 1. The van der Waals surface area contributed by atoms with Gasteiger partial charge >= 0.3 is 0 Å². The Kier molecular flexibility index (Phi) is 2.84. The summed E-state index contributed by atoms with van der Waals surface area (Å²) in [5.41, 5.74) is 5.94. The Morgan fingerprint density at radius 2 is 1.62 bits per heavy atom. The molecule has 74 valence electrons. The third-order valence-electron chi connectivity index (χ3n) is 2.60. The zero-order valence-corrected chi connectivity index (χ0v) is 9.73. The van der Waals surface area contributed by atoms with Crippen LogP contribution in [0.1, 0.15) is 41.5 Å². The average molecular weight is 179 g/mol. The summed E-state index contributed by atoms with van der Waals surface area (Å²) in [6.07, 6.45) is 0. The van der Waals surface area contributed by atoms with Crippen LogP contribution in [0.3, 0.4) is 0 Å². The summed E-state index contributed by atoms with van der Waals surface area (Å²) >= 11 is 0. The molecule has 1 heterocycles. The second kappa shape index (κ2) is 3.57. The highest BCUT2D eigenvalue weighted by molar-refractivity contribution is 5.45. The summed E-state index contributed by atoms with van der Waals surface area (Å²) in [6.45, 7) is 14.5. The van der Waals surface area contributed by atoms with Crippen LogP contribution in [0.2, 0.25) is 0 Å². The quantitative estimate of drug-likeness (QED) is 0.596. The molecule has 0 spiro atoms. The van der Waals surface area contributed by atoms with Gasteiger partial charge in [-0.3, -0.25) is 0 Å². The Balaban J connectivity index is 2.96. The number of likely N-dealkylation sites (tertiary alicyclic amines) is 1. The lowest BCUT2D eigenvalue weighted by molar-refractivity contribution is 0.254. The van der Waals surface area contributed by atoms with E-state index in [9.17, 15) is 0 Å². The van der Waals surface area contributed by atoms with Crippen molar-refractivity contribution in [2.24, 2.45) is 0 Å². The minimum absolute atomic E-state index is 0.632. The molecular formula is C12H21N. The largest absolute Gasteiger partial charge is 0.364 e. The molecule has 1 aliphatic heterocycles. The van der Waals surface area contributed by atoms with Crippen molar-refractivity contribution < 1.29 is 0 Å². The summed E-state index contributed by atoms with van der Waals surface area (Å²) in [7, 11) is 0. The second-order valence-electron chi connectivity index (χ2n) is 4.55. The summed E-state index contributed by atoms with van der Waals surface area (Å²) in [5, 5.41) is 0. The van der Waals surface area contributed by atoms with E-state index in [1.165, 1.54) is 16.8 Å². The van der Waals surface area contributed by atoms with E-state index in [0.717, 1.165) is 6.54 Å². The first-order valence-corrected chi connectivity index (χ1v) is 5.06. The Morgan fingerprint density at radius 3 is 1.92 bits per heavy atom. The number of hydrogen-bond donors (Lipinski definition) is 0. The summed E-state index contributed by atoms with van der Waals surface area (Å²) in [4.78, 5) is 2.47. The van der Waals surface area contributed by atoms with Gasteiger partial charge in [0.15, 0.2) is 0 Å². The summed E-state index contributed by atoms with van der Waals surface area (Å²) < 4.78 is 0. The van der Waals surface area contributed by atoms with Crippen molar-refractivity contribution in [3.63, 3.8) is 0 Å². The molecule has 0 amide bonds. The molecule has 0 bridgehead atoms. The van der Waals surface area contributed by atoms with Crippen molar-refractivity contribution in [3.05, 3.63) is 22.4 Å². The fourth-order valence-electron chi connectivity index (χ4n) is 1.83. The van der Waals surface area contributed by atoms with Gasteiger partial charge in [0.2, 0.25) is 0 Å². The number of rotatable bonds is 1. The lowest BCUT2D eigenvalue weighted by atomic mass is 9.92. The lowest BCUT2D eigenvalue weighted by Gasteiger charge is -2.44. The summed E-state index contributed by atoms with van der Waals surface area (Å²) in [5.74, 6) is 0. The first-order valence-electron chi connectivity index (χ1n) is 5.06. The molecule has 1 rings (SSSR count). The van der Waals surface area contributed by atoms with E-state index in [2.05, 4.69) is 46.4 Å². The van der Waals surface area contributed by atoms with Crippen LogP contribution in [-0.4, -0.2) is 17.5 Å². The molecule has 0 atom stereocenters. The Morgan fingerprint density at radius 1 is 1.08 bits per heavy atom. The third-order valence-corrected chi connectivity index (χ3v) is 2.60. The molecule has 0 aliphatic carbocycles. The second-order valence-corrected chi connectivity index (χ2v) is 4.55. The van der Waals surface area contributed by atoms with Crippen LogP contribution < -0.4 is 0 Å². The van der Waals surface area contributed by atoms with Gasteiger partial charge in [-0.25, -0.2) is 0 Å². The van der Waals surface area contributed by atoms with Gasteiger partial charge in [-0.05, 0) is 47.1 Å². The maximum atomic E-state index is 2.47. The number of allylic oxidation sites excluding steroid dienone is 2. The predicted octanol–water partition coefficient (Wildman–Crippen LogP) is 3.34. The predicted molar refractivity (Wildman–Crippen MR) is 58.6 cm³/mol. The van der Waals surface area contributed by atoms with E-state index in [4.69, 9.17) is 0 Å². The van der Waals surface area contributed by atoms with Crippen LogP contribution in [0, 0.1) is 0 Å². The van der Waals surface area contributed by atoms with Gasteiger partial charge in [0.1, 0.15) is 0 Å². The van der Waals surface area contributed by atoms with Crippen molar-refractivity contribution in [1.29, 1.82) is 0 Å². The Bertz CT molecular complexity index is 261. The van der Waals surface area contributed by atoms with Gasteiger partial charge in [-0.2, -0.15) is 0 Å². The molecule has 0 unspecified atom stereocenters. The maximum absolute atomic E-state index is 2.47. The van der Waals surface area contributed by atoms with E-state index in [-0.39, 0.29) is 0 Å². The van der Waals surface area contributed by atoms with Crippen LogP contribution in [0.5, 0.6) is 0 Å². The van der Waals surface area contributed by atoms with Gasteiger partial charge in [0.25, 0.3) is 0 Å². The highest BCUT2D eigenvalue weighted by Gasteiger charge is 2.29. The van der Waals surface area contributed by atoms with Crippen molar-refractivity contribution in [2.45, 2.75) is 47.6 Å². The van der Waals surface area contributed by atoms with E-state index in [1.54, 1.807) is 5.57 Å². The maximum Gasteiger partial charge on any atom is 0.0452 e. The topological polar surface area (TPSA) is 3.24 Å². The molecule has 1 nitrogen and oxygen atoms in total. The van der Waals surface area contributed by atoms with Crippen molar-refractivity contribution >= 4 is 0 Å². The Labute approximate surface area is 82.1 Å². The molecule has 0 aromatic rings. The van der Waals surface area contributed by atoms with E-state index in [1.807, 2.05) is 0 Å². The zero-order chi connectivity index (χ0) is 10.2. The third kappa shape index (κ3) is 1.79. The van der Waals surface area contributed by atoms with Gasteiger partial charge in [0.05, 0.1) is 0 Å². The van der Waals surface area contributed by atoms with E-state index in [0.29, 0.717) is 6.04 Å². The van der Waals surface area contributed by atoms with E-state index >= 15 is 0 Å². The molecule has 1 saturated heterocycles. The standard InChI is InChI=1S/C12H21N/c1-8(2)11-7-13(10(5)6)12(11)9(3)4/h10H,7H2,1-6H3. The van der Waals surface area contributed by atoms with Crippen molar-refractivity contribution in [1.82, 2.24) is 4.90 Å². The van der Waals surface area contributed by atoms with Crippen LogP contribution >= 0.6 is 0 Å². The number of nitrogens with zero attached hydrogens (tertiary/aromatic N) is 1. The van der Waals surface area contributed by atoms with Crippen LogP contribution in [0.4, 0.5) is 0 Å². The Hall–Kier alpha value is -0.720. The van der Waals surface area contributed by atoms with Crippen LogP contribution in [0.15, 0.2) is 22.4 Å². The van der Waals surface area contributed by atoms with Gasteiger partial charge in [-0.1, -0.05) is 11.1 Å².